The quantitative estimate of drug-likeness (QED) is 0.0571. The molecule has 0 saturated carbocycles. The number of pyridine rings is 3. The largest absolute Gasteiger partial charge is 0.461 e. The zero-order valence-electron chi connectivity index (χ0n) is 32.0. The number of aryl methyl sites for hydroxylation is 3. The molecule has 0 saturated heterocycles. The van der Waals surface area contributed by atoms with Crippen molar-refractivity contribution < 1.29 is 33.1 Å². The molecule has 6 rings (SSSR count). The van der Waals surface area contributed by atoms with Crippen LogP contribution in [0, 0.1) is 13.8 Å². The van der Waals surface area contributed by atoms with Gasteiger partial charge in [0.25, 0.3) is 5.89 Å². The zero-order chi connectivity index (χ0) is 42.9. The summed E-state index contributed by atoms with van der Waals surface area (Å²) in [5, 5.41) is 12.5. The van der Waals surface area contributed by atoms with E-state index < -0.39 is 23.5 Å². The second-order valence-corrected chi connectivity index (χ2v) is 14.1. The van der Waals surface area contributed by atoms with E-state index in [0.29, 0.717) is 35.4 Å². The molecule has 0 atom stereocenters. The Morgan fingerprint density at radius 1 is 0.776 bits per heavy atom. The van der Waals surface area contributed by atoms with Gasteiger partial charge in [0.1, 0.15) is 17.3 Å². The minimum atomic E-state index is -0.928. The van der Waals surface area contributed by atoms with Crippen molar-refractivity contribution in [2.75, 3.05) is 18.6 Å². The van der Waals surface area contributed by atoms with E-state index in [2.05, 4.69) is 88.2 Å². The summed E-state index contributed by atoms with van der Waals surface area (Å²) in [5.41, 5.74) is 4.89. The molecule has 0 radical (unpaired) electrons. The van der Waals surface area contributed by atoms with E-state index in [1.165, 1.54) is 14.0 Å². The maximum absolute atomic E-state index is 11.6. The highest BCUT2D eigenvalue weighted by Gasteiger charge is 2.17. The summed E-state index contributed by atoms with van der Waals surface area (Å²) in [6, 6.07) is 14.5. The number of nitrogens with zero attached hydrogens (tertiary/aromatic N) is 9. The van der Waals surface area contributed by atoms with Gasteiger partial charge in [-0.2, -0.15) is 14.9 Å². The molecule has 0 aliphatic carbocycles. The number of hydrazine groups is 1. The third kappa shape index (κ3) is 14.3. The van der Waals surface area contributed by atoms with Crippen molar-refractivity contribution in [2.45, 2.75) is 41.0 Å². The lowest BCUT2D eigenvalue weighted by Gasteiger charge is -2.02. The molecule has 6 aromatic rings. The van der Waals surface area contributed by atoms with E-state index in [4.69, 9.17) is 15.0 Å². The maximum atomic E-state index is 11.6. The van der Waals surface area contributed by atoms with Gasteiger partial charge in [-0.15, -0.1) is 5.10 Å². The summed E-state index contributed by atoms with van der Waals surface area (Å²) in [4.78, 5) is 66.8. The normalized spacial score (nSPS) is 10.1. The lowest BCUT2D eigenvalue weighted by molar-refractivity contribution is -0.154. The molecular formula is C36H38Br3N11O8. The van der Waals surface area contributed by atoms with Crippen molar-refractivity contribution in [3.05, 3.63) is 108 Å². The first-order valence-corrected chi connectivity index (χ1v) is 19.3. The third-order valence-electron chi connectivity index (χ3n) is 6.81. The highest BCUT2D eigenvalue weighted by atomic mass is 79.9. The average Bonchev–Trinajstić information content (AvgIpc) is 3.88. The summed E-state index contributed by atoms with van der Waals surface area (Å²) in [6.07, 6.45) is 4.69. The molecule has 306 valence electrons. The van der Waals surface area contributed by atoms with Gasteiger partial charge in [-0.1, -0.05) is 0 Å². The van der Waals surface area contributed by atoms with Crippen LogP contribution in [-0.2, 0) is 30.9 Å². The summed E-state index contributed by atoms with van der Waals surface area (Å²) in [7, 11) is 1.52. The molecule has 6 aromatic heterocycles. The Labute approximate surface area is 356 Å². The lowest BCUT2D eigenvalue weighted by Crippen LogP contribution is -2.19. The fourth-order valence-corrected chi connectivity index (χ4v) is 4.93. The number of carbonyl (C=O) groups excluding carboxylic acids is 4. The van der Waals surface area contributed by atoms with Crippen molar-refractivity contribution in [1.29, 1.82) is 0 Å². The van der Waals surface area contributed by atoms with Crippen LogP contribution in [0.3, 0.4) is 0 Å². The van der Waals surface area contributed by atoms with Crippen LogP contribution >= 0.6 is 47.8 Å². The van der Waals surface area contributed by atoms with Gasteiger partial charge in [0, 0.05) is 50.4 Å². The van der Waals surface area contributed by atoms with Gasteiger partial charge in [0.15, 0.2) is 17.3 Å². The second kappa shape index (κ2) is 22.9. The van der Waals surface area contributed by atoms with Crippen LogP contribution in [0.1, 0.15) is 49.1 Å². The van der Waals surface area contributed by atoms with Gasteiger partial charge < -0.3 is 19.3 Å². The van der Waals surface area contributed by atoms with E-state index in [1.807, 2.05) is 44.2 Å². The van der Waals surface area contributed by atoms with E-state index >= 15 is 0 Å². The highest BCUT2D eigenvalue weighted by molar-refractivity contribution is 9.11. The third-order valence-corrected chi connectivity index (χ3v) is 8.22. The number of nitrogen functional groups attached to an aromatic ring is 1. The summed E-state index contributed by atoms with van der Waals surface area (Å²) < 4.78 is 21.4. The first-order chi connectivity index (χ1) is 27.6. The highest BCUT2D eigenvalue weighted by Crippen LogP contribution is 2.19. The molecule has 0 aliphatic heterocycles. The number of Topliss-reactive ketones (excluding diaryl/α,β-unsaturated/α-hetero) is 2. The molecular weight excluding hydrogens is 954 g/mol. The Morgan fingerprint density at radius 3 is 1.76 bits per heavy atom. The van der Waals surface area contributed by atoms with E-state index in [1.54, 1.807) is 60.0 Å². The van der Waals surface area contributed by atoms with Crippen molar-refractivity contribution in [3.63, 3.8) is 0 Å². The summed E-state index contributed by atoms with van der Waals surface area (Å²) >= 11 is 9.90. The van der Waals surface area contributed by atoms with E-state index in [-0.39, 0.29) is 24.7 Å². The Bertz CT molecular complexity index is 2360. The molecule has 0 unspecified atom stereocenters. The van der Waals surface area contributed by atoms with Crippen molar-refractivity contribution in [1.82, 2.24) is 44.3 Å². The van der Waals surface area contributed by atoms with Crippen molar-refractivity contribution in [2.24, 2.45) is 12.9 Å². The maximum Gasteiger partial charge on any atom is 0.437 e. The molecule has 0 amide bonds. The Hall–Kier alpha value is -5.71. The van der Waals surface area contributed by atoms with Crippen LogP contribution in [0.2, 0.25) is 0 Å². The summed E-state index contributed by atoms with van der Waals surface area (Å²) in [5.74, 6) is 4.29. The molecule has 22 heteroatoms. The number of nitrogens with one attached hydrogen (secondary N) is 1. The predicted octanol–water partition coefficient (Wildman–Crippen LogP) is 5.43. The molecule has 0 spiro atoms. The first-order valence-electron chi connectivity index (χ1n) is 16.9. The van der Waals surface area contributed by atoms with Crippen LogP contribution < -0.4 is 17.0 Å². The first kappa shape index (κ1) is 46.7. The topological polar surface area (TPSA) is 247 Å². The number of ketones is 2. The lowest BCUT2D eigenvalue weighted by atomic mass is 10.2. The monoisotopic (exact) mass is 989 g/mol. The van der Waals surface area contributed by atoms with E-state index in [0.717, 1.165) is 29.5 Å². The van der Waals surface area contributed by atoms with Crippen LogP contribution in [0.25, 0.3) is 23.2 Å². The second-order valence-electron chi connectivity index (χ2n) is 11.4. The smallest absolute Gasteiger partial charge is 0.437 e. The Kier molecular flexibility index (Phi) is 18.4. The Balaban J connectivity index is 0.000000218. The van der Waals surface area contributed by atoms with Crippen molar-refractivity contribution in [3.8, 4) is 23.2 Å². The van der Waals surface area contributed by atoms with Crippen LogP contribution in [0.5, 0.6) is 0 Å². The number of rotatable bonds is 10. The average molecular weight is 992 g/mol. The molecule has 0 bridgehead atoms. The number of anilines is 1. The molecule has 3 N–H and O–H groups in total. The van der Waals surface area contributed by atoms with Gasteiger partial charge in [0.2, 0.25) is 5.78 Å². The fraction of sp³-hybridized carbons (Fsp3) is 0.250. The number of carbonyl (C=O) groups is 4. The standard InChI is InChI=1S/C12H10BrN5O2.C12H12BrN3O2.C7H10O4.C5H6BrN3/c1-7-5-9(11-16-17(2)12(19)20-11)15-18(7)10-4-3-8(13)6-14-10;1-3-18-12(17)10-6-8(2)16(15-10)11-5-4-9(13)7-14-11;1-3-11-7(10)6(9)4-5(2)8;6-4-1-2-5(9-7)8-3-4/h3-6H,1-2H3;4-7H,3H2,1-2H3;3-4H2,1-2H3;1-3H,7H2,(H,8,9). The molecule has 19 nitrogen and oxygen atoms in total. The van der Waals surface area contributed by atoms with Gasteiger partial charge in [0.05, 0.1) is 19.6 Å². The van der Waals surface area contributed by atoms with E-state index in [9.17, 15) is 24.0 Å². The fourth-order valence-electron chi connectivity index (χ4n) is 4.23. The number of esters is 2. The number of hydrogen-bond acceptors (Lipinski definition) is 16. The molecule has 0 fully saturated rings. The van der Waals surface area contributed by atoms with Gasteiger partial charge in [-0.3, -0.25) is 9.59 Å². The molecule has 0 aliphatic rings. The van der Waals surface area contributed by atoms with Crippen molar-refractivity contribution >= 4 is 77.1 Å². The van der Waals surface area contributed by atoms with Gasteiger partial charge in [-0.05, 0) is 131 Å². The predicted molar refractivity (Wildman–Crippen MR) is 221 cm³/mol. The number of ether oxygens (including phenoxy) is 2. The van der Waals surface area contributed by atoms with Crippen LogP contribution in [0.4, 0.5) is 5.82 Å². The minimum Gasteiger partial charge on any atom is -0.461 e. The minimum absolute atomic E-state index is 0.155. The number of hydrogen-bond donors (Lipinski definition) is 2. The van der Waals surface area contributed by atoms with Crippen LogP contribution in [0.15, 0.2) is 89.8 Å². The molecule has 58 heavy (non-hydrogen) atoms. The van der Waals surface area contributed by atoms with Crippen LogP contribution in [-0.4, -0.2) is 81.0 Å². The summed E-state index contributed by atoms with van der Waals surface area (Å²) in [6.45, 7) is 8.85. The zero-order valence-corrected chi connectivity index (χ0v) is 36.7. The number of nitrogens with two attached hydrogens (primary N) is 1. The number of aromatic nitrogens is 9. The number of halogens is 3. The SMILES string of the molecule is CCOC(=O)C(=O)CC(C)=O.CCOC(=O)c1cc(C)n(-c2ccc(Br)cn2)n1.Cc1cc(-c2nn(C)c(=O)o2)nn1-c1ccc(Br)cn1.NNc1ccc(Br)cn1. The molecule has 0 aromatic carbocycles. The molecule has 6 heterocycles. The van der Waals surface area contributed by atoms with Gasteiger partial charge >= 0.3 is 17.7 Å². The van der Waals surface area contributed by atoms with Gasteiger partial charge in [-0.25, -0.2) is 44.5 Å². The Morgan fingerprint density at radius 2 is 1.31 bits per heavy atom.